The third-order valence-corrected chi connectivity index (χ3v) is 3.81. The Morgan fingerprint density at radius 1 is 1.35 bits per heavy atom. The van der Waals surface area contributed by atoms with Gasteiger partial charge in [0.15, 0.2) is 16.3 Å². The van der Waals surface area contributed by atoms with E-state index in [-0.39, 0.29) is 0 Å². The molecule has 90 valence electrons. The molecule has 0 unspecified atom stereocenters. The minimum atomic E-state index is 0.352. The van der Waals surface area contributed by atoms with Gasteiger partial charge in [-0.25, -0.2) is 9.97 Å². The van der Waals surface area contributed by atoms with Crippen molar-refractivity contribution in [3.8, 4) is 11.6 Å². The number of furan rings is 1. The summed E-state index contributed by atoms with van der Waals surface area (Å²) in [6.45, 7) is 0.373. The van der Waals surface area contributed by atoms with E-state index in [0.717, 1.165) is 4.47 Å². The number of hydrogen-bond donors (Lipinski definition) is 0. The van der Waals surface area contributed by atoms with E-state index >= 15 is 0 Å². The quantitative estimate of drug-likeness (QED) is 0.751. The van der Waals surface area contributed by atoms with Gasteiger partial charge in [-0.2, -0.15) is 0 Å². The molecule has 0 amide bonds. The highest BCUT2D eigenvalue weighted by Gasteiger charge is 2.12. The first-order valence-corrected chi connectivity index (χ1v) is 6.54. The third kappa shape index (κ3) is 3.07. The lowest BCUT2D eigenvalue weighted by Gasteiger charge is -2.02. The van der Waals surface area contributed by atoms with Gasteiger partial charge in [0.25, 0.3) is 0 Å². The number of rotatable bonds is 3. The Balaban J connectivity index is 2.44. The predicted octanol–water partition coefficient (Wildman–Crippen LogP) is 4.06. The van der Waals surface area contributed by atoms with Gasteiger partial charge in [0, 0.05) is 13.2 Å². The van der Waals surface area contributed by atoms with Gasteiger partial charge in [-0.3, -0.25) is 0 Å². The molecule has 4 nitrogen and oxygen atoms in total. The Morgan fingerprint density at radius 2 is 2.12 bits per heavy atom. The summed E-state index contributed by atoms with van der Waals surface area (Å²) in [7, 11) is 1.59. The number of ether oxygens (including phenoxy) is 1. The van der Waals surface area contributed by atoms with E-state index in [1.165, 1.54) is 0 Å². The van der Waals surface area contributed by atoms with E-state index in [9.17, 15) is 0 Å². The number of methoxy groups -OCH3 is 1. The van der Waals surface area contributed by atoms with Crippen molar-refractivity contribution in [1.82, 2.24) is 9.97 Å². The summed E-state index contributed by atoms with van der Waals surface area (Å²) in [5.74, 6) is 0.958. The van der Waals surface area contributed by atoms with Crippen molar-refractivity contribution in [2.45, 2.75) is 6.61 Å². The SMILES string of the molecule is COCc1cc(Cl)nc(-c2cc(Br)c(Br)o2)n1. The average Bonchev–Trinajstić information content (AvgIpc) is 2.59. The summed E-state index contributed by atoms with van der Waals surface area (Å²) < 4.78 is 11.8. The van der Waals surface area contributed by atoms with Crippen LogP contribution in [0.5, 0.6) is 0 Å². The molecule has 0 atom stereocenters. The fraction of sp³-hybridized carbons (Fsp3) is 0.200. The van der Waals surface area contributed by atoms with E-state index in [1.807, 2.05) is 0 Å². The first kappa shape index (κ1) is 13.0. The van der Waals surface area contributed by atoms with Crippen LogP contribution < -0.4 is 0 Å². The summed E-state index contributed by atoms with van der Waals surface area (Å²) in [5.41, 5.74) is 0.700. The maximum absolute atomic E-state index is 5.91. The number of aromatic nitrogens is 2. The second-order valence-corrected chi connectivity index (χ2v) is 5.13. The van der Waals surface area contributed by atoms with Gasteiger partial charge in [0.1, 0.15) is 5.15 Å². The van der Waals surface area contributed by atoms with Crippen LogP contribution in [0.2, 0.25) is 5.15 Å². The normalized spacial score (nSPS) is 10.8. The molecular formula is C10H7Br2ClN2O2. The van der Waals surface area contributed by atoms with Gasteiger partial charge in [0.2, 0.25) is 0 Å². The van der Waals surface area contributed by atoms with Crippen molar-refractivity contribution in [3.63, 3.8) is 0 Å². The van der Waals surface area contributed by atoms with E-state index < -0.39 is 0 Å². The third-order valence-electron chi connectivity index (χ3n) is 1.91. The molecule has 0 aromatic carbocycles. The van der Waals surface area contributed by atoms with Crippen molar-refractivity contribution >= 4 is 43.5 Å². The fourth-order valence-electron chi connectivity index (χ4n) is 1.25. The molecule has 0 fully saturated rings. The van der Waals surface area contributed by atoms with E-state index in [2.05, 4.69) is 41.8 Å². The molecule has 0 aliphatic rings. The molecule has 17 heavy (non-hydrogen) atoms. The summed E-state index contributed by atoms with van der Waals surface area (Å²) in [6, 6.07) is 3.42. The van der Waals surface area contributed by atoms with Crippen LogP contribution in [-0.2, 0) is 11.3 Å². The number of hydrogen-bond acceptors (Lipinski definition) is 4. The lowest BCUT2D eigenvalue weighted by Crippen LogP contribution is -1.97. The van der Waals surface area contributed by atoms with E-state index in [1.54, 1.807) is 19.2 Å². The molecule has 2 aromatic heterocycles. The molecule has 0 bridgehead atoms. The van der Waals surface area contributed by atoms with Crippen molar-refractivity contribution in [2.24, 2.45) is 0 Å². The number of nitrogens with zero attached hydrogens (tertiary/aromatic N) is 2. The highest BCUT2D eigenvalue weighted by molar-refractivity contribution is 9.13. The first-order valence-electron chi connectivity index (χ1n) is 4.57. The van der Waals surface area contributed by atoms with Crippen LogP contribution in [0.4, 0.5) is 0 Å². The van der Waals surface area contributed by atoms with Gasteiger partial charge in [-0.1, -0.05) is 11.6 Å². The maximum Gasteiger partial charge on any atom is 0.197 e. The highest BCUT2D eigenvalue weighted by atomic mass is 79.9. The summed E-state index contributed by atoms with van der Waals surface area (Å²) >= 11 is 12.5. The summed E-state index contributed by atoms with van der Waals surface area (Å²) in [6.07, 6.45) is 0. The lowest BCUT2D eigenvalue weighted by molar-refractivity contribution is 0.181. The van der Waals surface area contributed by atoms with Crippen LogP contribution in [0.15, 0.2) is 25.7 Å². The molecule has 7 heteroatoms. The first-order chi connectivity index (χ1) is 8.10. The molecular weight excluding hydrogens is 375 g/mol. The zero-order valence-electron chi connectivity index (χ0n) is 8.71. The zero-order chi connectivity index (χ0) is 12.4. The van der Waals surface area contributed by atoms with Gasteiger partial charge >= 0.3 is 0 Å². The Bertz CT molecular complexity index is 526. The summed E-state index contributed by atoms with van der Waals surface area (Å²) in [4.78, 5) is 8.40. The van der Waals surface area contributed by atoms with Crippen LogP contribution >= 0.6 is 43.5 Å². The van der Waals surface area contributed by atoms with Crippen molar-refractivity contribution in [3.05, 3.63) is 32.1 Å². The minimum Gasteiger partial charge on any atom is -0.445 e. The predicted molar refractivity (Wildman–Crippen MR) is 70.9 cm³/mol. The molecule has 0 saturated heterocycles. The monoisotopic (exact) mass is 380 g/mol. The van der Waals surface area contributed by atoms with Crippen LogP contribution in [0, 0.1) is 0 Å². The van der Waals surface area contributed by atoms with Gasteiger partial charge in [-0.05, 0) is 37.9 Å². The fourth-order valence-corrected chi connectivity index (χ4v) is 2.04. The molecule has 2 heterocycles. The second-order valence-electron chi connectivity index (χ2n) is 3.17. The Labute approximate surface area is 120 Å². The molecule has 2 rings (SSSR count). The average molecular weight is 382 g/mol. The molecule has 2 aromatic rings. The zero-order valence-corrected chi connectivity index (χ0v) is 12.6. The maximum atomic E-state index is 5.91. The van der Waals surface area contributed by atoms with Crippen LogP contribution in [-0.4, -0.2) is 17.1 Å². The van der Waals surface area contributed by atoms with Crippen molar-refractivity contribution in [1.29, 1.82) is 0 Å². The molecule has 0 aliphatic heterocycles. The van der Waals surface area contributed by atoms with E-state index in [0.29, 0.717) is 33.7 Å². The van der Waals surface area contributed by atoms with Crippen LogP contribution in [0.3, 0.4) is 0 Å². The summed E-state index contributed by atoms with van der Waals surface area (Å²) in [5, 5.41) is 0.352. The highest BCUT2D eigenvalue weighted by Crippen LogP contribution is 2.31. The van der Waals surface area contributed by atoms with Crippen LogP contribution in [0.25, 0.3) is 11.6 Å². The Morgan fingerprint density at radius 3 is 2.71 bits per heavy atom. The largest absolute Gasteiger partial charge is 0.445 e. The van der Waals surface area contributed by atoms with Gasteiger partial charge < -0.3 is 9.15 Å². The van der Waals surface area contributed by atoms with Crippen molar-refractivity contribution in [2.75, 3.05) is 7.11 Å². The molecule has 0 spiro atoms. The van der Waals surface area contributed by atoms with E-state index in [4.69, 9.17) is 20.8 Å². The smallest absolute Gasteiger partial charge is 0.197 e. The van der Waals surface area contributed by atoms with Gasteiger partial charge in [-0.15, -0.1) is 0 Å². The number of halogens is 3. The topological polar surface area (TPSA) is 48.2 Å². The lowest BCUT2D eigenvalue weighted by atomic mass is 10.3. The molecule has 0 N–H and O–H groups in total. The Kier molecular flexibility index (Phi) is 4.19. The standard InChI is InChI=1S/C10H7Br2ClN2O2/c1-16-4-5-2-8(13)15-10(14-5)7-3-6(11)9(12)17-7/h2-3H,4H2,1H3. The van der Waals surface area contributed by atoms with Gasteiger partial charge in [0.05, 0.1) is 16.8 Å². The van der Waals surface area contributed by atoms with Crippen LogP contribution in [0.1, 0.15) is 5.69 Å². The Hall–Kier alpha value is -0.430. The second kappa shape index (κ2) is 5.48. The van der Waals surface area contributed by atoms with Crippen molar-refractivity contribution < 1.29 is 9.15 Å². The molecule has 0 aliphatic carbocycles. The minimum absolute atomic E-state index is 0.352. The molecule has 0 saturated carbocycles. The molecule has 0 radical (unpaired) electrons.